The first kappa shape index (κ1) is 22.2. The maximum atomic E-state index is 12.6. The van der Waals surface area contributed by atoms with E-state index < -0.39 is 15.9 Å². The molecule has 0 bridgehead atoms. The standard InChI is InChI=1S/C23H24N2O5S/c1-17(16-30-22-14-7-6-13-21(22)29-2)24-23(26)18-9-8-12-20(15-18)31(27,28)25-19-10-4-3-5-11-19/h3-15,17,25H,16H2,1-2H3,(H,24,26)/t17-/m0/s1. The summed E-state index contributed by atoms with van der Waals surface area (Å²) in [6.07, 6.45) is 0. The van der Waals surface area contributed by atoms with Crippen molar-refractivity contribution in [1.29, 1.82) is 0 Å². The Hall–Kier alpha value is -3.52. The van der Waals surface area contributed by atoms with E-state index in [0.717, 1.165) is 0 Å². The van der Waals surface area contributed by atoms with Crippen LogP contribution in [0.4, 0.5) is 5.69 Å². The molecule has 162 valence electrons. The number of sulfonamides is 1. The van der Waals surface area contributed by atoms with Gasteiger partial charge in [0, 0.05) is 11.3 Å². The van der Waals surface area contributed by atoms with Gasteiger partial charge < -0.3 is 14.8 Å². The van der Waals surface area contributed by atoms with Crippen molar-refractivity contribution in [3.63, 3.8) is 0 Å². The molecule has 0 saturated heterocycles. The van der Waals surface area contributed by atoms with Crippen LogP contribution in [0, 0.1) is 0 Å². The molecule has 0 saturated carbocycles. The Morgan fingerprint density at radius 3 is 2.32 bits per heavy atom. The predicted octanol–water partition coefficient (Wildman–Crippen LogP) is 3.69. The van der Waals surface area contributed by atoms with Crippen molar-refractivity contribution in [3.8, 4) is 11.5 Å². The van der Waals surface area contributed by atoms with E-state index in [2.05, 4.69) is 10.0 Å². The van der Waals surface area contributed by atoms with Crippen LogP contribution < -0.4 is 19.5 Å². The van der Waals surface area contributed by atoms with E-state index in [1.807, 2.05) is 12.1 Å². The van der Waals surface area contributed by atoms with Crippen LogP contribution in [0.5, 0.6) is 11.5 Å². The van der Waals surface area contributed by atoms with E-state index in [4.69, 9.17) is 9.47 Å². The Kier molecular flexibility index (Phi) is 7.15. The summed E-state index contributed by atoms with van der Waals surface area (Å²) in [6, 6.07) is 21.3. The van der Waals surface area contributed by atoms with Gasteiger partial charge in [-0.2, -0.15) is 0 Å². The van der Waals surface area contributed by atoms with Crippen molar-refractivity contribution >= 4 is 21.6 Å². The number of rotatable bonds is 9. The summed E-state index contributed by atoms with van der Waals surface area (Å²) in [6.45, 7) is 2.02. The van der Waals surface area contributed by atoms with E-state index in [9.17, 15) is 13.2 Å². The maximum Gasteiger partial charge on any atom is 0.261 e. The van der Waals surface area contributed by atoms with Gasteiger partial charge in [0.25, 0.3) is 15.9 Å². The Labute approximate surface area is 182 Å². The van der Waals surface area contributed by atoms with Crippen molar-refractivity contribution in [2.75, 3.05) is 18.4 Å². The minimum atomic E-state index is -3.82. The summed E-state index contributed by atoms with van der Waals surface area (Å²) in [5, 5.41) is 2.81. The minimum absolute atomic E-state index is 0.00179. The summed E-state index contributed by atoms with van der Waals surface area (Å²) >= 11 is 0. The van der Waals surface area contributed by atoms with E-state index in [1.54, 1.807) is 62.6 Å². The number of methoxy groups -OCH3 is 1. The summed E-state index contributed by atoms with van der Waals surface area (Å²) in [7, 11) is -2.26. The van der Waals surface area contributed by atoms with Crippen molar-refractivity contribution < 1.29 is 22.7 Å². The van der Waals surface area contributed by atoms with Crippen LogP contribution in [-0.2, 0) is 10.0 Å². The normalized spacial score (nSPS) is 11.9. The lowest BCUT2D eigenvalue weighted by Gasteiger charge is -2.17. The number of nitrogens with one attached hydrogen (secondary N) is 2. The number of benzene rings is 3. The molecule has 7 nitrogen and oxygen atoms in total. The highest BCUT2D eigenvalue weighted by atomic mass is 32.2. The Balaban J connectivity index is 1.64. The topological polar surface area (TPSA) is 93.7 Å². The van der Waals surface area contributed by atoms with Crippen LogP contribution in [0.3, 0.4) is 0 Å². The molecule has 31 heavy (non-hydrogen) atoms. The highest BCUT2D eigenvalue weighted by Gasteiger charge is 2.17. The fraction of sp³-hybridized carbons (Fsp3) is 0.174. The first-order valence-electron chi connectivity index (χ1n) is 9.63. The van der Waals surface area contributed by atoms with Gasteiger partial charge in [-0.3, -0.25) is 9.52 Å². The monoisotopic (exact) mass is 440 g/mol. The van der Waals surface area contributed by atoms with Crippen LogP contribution in [-0.4, -0.2) is 34.1 Å². The Bertz CT molecular complexity index is 1130. The molecule has 1 atom stereocenters. The first-order chi connectivity index (χ1) is 14.9. The second kappa shape index (κ2) is 9.99. The van der Waals surface area contributed by atoms with Gasteiger partial charge in [-0.1, -0.05) is 36.4 Å². The molecule has 2 N–H and O–H groups in total. The molecule has 0 heterocycles. The van der Waals surface area contributed by atoms with Gasteiger partial charge in [-0.05, 0) is 49.4 Å². The molecule has 0 fully saturated rings. The number of carbonyl (C=O) groups excluding carboxylic acids is 1. The number of carbonyl (C=O) groups is 1. The summed E-state index contributed by atoms with van der Waals surface area (Å²) in [5.74, 6) is 0.781. The molecule has 0 radical (unpaired) electrons. The predicted molar refractivity (Wildman–Crippen MR) is 119 cm³/mol. The zero-order valence-electron chi connectivity index (χ0n) is 17.2. The molecule has 0 aliphatic carbocycles. The van der Waals surface area contributed by atoms with Gasteiger partial charge in [0.1, 0.15) is 6.61 Å². The van der Waals surface area contributed by atoms with Crippen molar-refractivity contribution in [2.45, 2.75) is 17.9 Å². The lowest BCUT2D eigenvalue weighted by Crippen LogP contribution is -2.36. The smallest absolute Gasteiger partial charge is 0.261 e. The van der Waals surface area contributed by atoms with E-state index in [1.165, 1.54) is 18.2 Å². The number of para-hydroxylation sites is 3. The zero-order valence-corrected chi connectivity index (χ0v) is 18.1. The van der Waals surface area contributed by atoms with Gasteiger partial charge in [0.05, 0.1) is 18.0 Å². The van der Waals surface area contributed by atoms with E-state index >= 15 is 0 Å². The second-order valence-electron chi connectivity index (χ2n) is 6.84. The largest absolute Gasteiger partial charge is 0.493 e. The van der Waals surface area contributed by atoms with E-state index in [0.29, 0.717) is 17.2 Å². The van der Waals surface area contributed by atoms with Gasteiger partial charge in [-0.15, -0.1) is 0 Å². The molecule has 0 aliphatic rings. The van der Waals surface area contributed by atoms with Crippen LogP contribution in [0.1, 0.15) is 17.3 Å². The van der Waals surface area contributed by atoms with Gasteiger partial charge in [0.15, 0.2) is 11.5 Å². The van der Waals surface area contributed by atoms with Crippen LogP contribution >= 0.6 is 0 Å². The number of ether oxygens (including phenoxy) is 2. The van der Waals surface area contributed by atoms with Crippen LogP contribution in [0.2, 0.25) is 0 Å². The molecule has 0 spiro atoms. The molecule has 0 aliphatic heterocycles. The minimum Gasteiger partial charge on any atom is -0.493 e. The summed E-state index contributed by atoms with van der Waals surface area (Å²) in [5.41, 5.74) is 0.680. The third-order valence-corrected chi connectivity index (χ3v) is 5.75. The Morgan fingerprint density at radius 2 is 1.61 bits per heavy atom. The second-order valence-corrected chi connectivity index (χ2v) is 8.52. The lowest BCUT2D eigenvalue weighted by molar-refractivity contribution is 0.0926. The average Bonchev–Trinajstić information content (AvgIpc) is 2.78. The third kappa shape index (κ3) is 5.99. The molecule has 0 unspecified atom stereocenters. The van der Waals surface area contributed by atoms with Crippen molar-refractivity contribution in [3.05, 3.63) is 84.4 Å². The molecule has 3 aromatic rings. The third-order valence-electron chi connectivity index (χ3n) is 4.37. The van der Waals surface area contributed by atoms with Gasteiger partial charge >= 0.3 is 0 Å². The SMILES string of the molecule is COc1ccccc1OC[C@H](C)NC(=O)c1cccc(S(=O)(=O)Nc2ccccc2)c1. The number of hydrogen-bond acceptors (Lipinski definition) is 5. The molecule has 3 rings (SSSR count). The molecule has 8 heteroatoms. The highest BCUT2D eigenvalue weighted by molar-refractivity contribution is 7.92. The van der Waals surface area contributed by atoms with Crippen molar-refractivity contribution in [2.24, 2.45) is 0 Å². The number of hydrogen-bond donors (Lipinski definition) is 2. The maximum absolute atomic E-state index is 12.6. The first-order valence-corrected chi connectivity index (χ1v) is 11.1. The van der Waals surface area contributed by atoms with Gasteiger partial charge in [0.2, 0.25) is 0 Å². The zero-order chi connectivity index (χ0) is 22.3. The lowest BCUT2D eigenvalue weighted by atomic mass is 10.2. The molecular formula is C23H24N2O5S. The van der Waals surface area contributed by atoms with Crippen LogP contribution in [0.15, 0.2) is 83.8 Å². The summed E-state index contributed by atoms with van der Waals surface area (Å²) < 4.78 is 38.8. The molecule has 0 aromatic heterocycles. The fourth-order valence-electron chi connectivity index (χ4n) is 2.83. The van der Waals surface area contributed by atoms with E-state index in [-0.39, 0.29) is 23.1 Å². The molecule has 3 aromatic carbocycles. The molecule has 1 amide bonds. The van der Waals surface area contributed by atoms with Crippen LogP contribution in [0.25, 0.3) is 0 Å². The fourth-order valence-corrected chi connectivity index (χ4v) is 3.93. The van der Waals surface area contributed by atoms with Crippen molar-refractivity contribution in [1.82, 2.24) is 5.32 Å². The quantitative estimate of drug-likeness (QED) is 0.529. The number of anilines is 1. The average molecular weight is 441 g/mol. The molecular weight excluding hydrogens is 416 g/mol. The summed E-state index contributed by atoms with van der Waals surface area (Å²) in [4.78, 5) is 12.6. The Morgan fingerprint density at radius 1 is 0.935 bits per heavy atom. The highest BCUT2D eigenvalue weighted by Crippen LogP contribution is 2.25. The van der Waals surface area contributed by atoms with Gasteiger partial charge in [-0.25, -0.2) is 8.42 Å². The number of amides is 1.